The molecule has 0 unspecified atom stereocenters. The molecule has 0 atom stereocenters. The van der Waals surface area contributed by atoms with Crippen LogP contribution in [0.15, 0.2) is 18.2 Å². The summed E-state index contributed by atoms with van der Waals surface area (Å²) in [6, 6.07) is 5.73. The van der Waals surface area contributed by atoms with E-state index in [0.29, 0.717) is 18.7 Å². The Kier molecular flexibility index (Phi) is 5.37. The first-order chi connectivity index (χ1) is 10.2. The number of rotatable bonds is 5. The summed E-state index contributed by atoms with van der Waals surface area (Å²) in [7, 11) is 0. The minimum atomic E-state index is -0.413. The zero-order chi connectivity index (χ0) is 15.2. The van der Waals surface area contributed by atoms with E-state index < -0.39 is 5.97 Å². The number of hydrogen-bond donors (Lipinski definition) is 0. The summed E-state index contributed by atoms with van der Waals surface area (Å²) in [5, 5.41) is 0. The Labute approximate surface area is 126 Å². The Balaban J connectivity index is 1.96. The number of likely N-dealkylation sites (N-methyl/N-ethyl adjacent to an activating group) is 1. The van der Waals surface area contributed by atoms with Gasteiger partial charge in [0, 0.05) is 13.1 Å². The van der Waals surface area contributed by atoms with Crippen molar-refractivity contribution in [2.45, 2.75) is 39.5 Å². The van der Waals surface area contributed by atoms with E-state index in [0.717, 1.165) is 12.8 Å². The van der Waals surface area contributed by atoms with Gasteiger partial charge in [0.25, 0.3) is 5.91 Å². The molecule has 4 heteroatoms. The van der Waals surface area contributed by atoms with E-state index in [2.05, 4.69) is 0 Å². The molecule has 0 fully saturated rings. The average Bonchev–Trinajstić information content (AvgIpc) is 2.53. The molecule has 0 N–H and O–H groups in total. The van der Waals surface area contributed by atoms with Crippen LogP contribution in [-0.4, -0.2) is 36.5 Å². The topological polar surface area (TPSA) is 46.6 Å². The lowest BCUT2D eigenvalue weighted by Crippen LogP contribution is -2.34. The van der Waals surface area contributed by atoms with Gasteiger partial charge in [0.2, 0.25) is 0 Å². The Morgan fingerprint density at radius 2 is 1.76 bits per heavy atom. The second-order valence-electron chi connectivity index (χ2n) is 5.33. The van der Waals surface area contributed by atoms with Crippen LogP contribution in [0.3, 0.4) is 0 Å². The molecule has 0 spiro atoms. The van der Waals surface area contributed by atoms with E-state index in [9.17, 15) is 9.59 Å². The summed E-state index contributed by atoms with van der Waals surface area (Å²) in [6.45, 7) is 4.90. The van der Waals surface area contributed by atoms with Crippen molar-refractivity contribution in [2.24, 2.45) is 0 Å². The number of fused-ring (bicyclic) bond motifs is 1. The van der Waals surface area contributed by atoms with E-state index in [1.807, 2.05) is 26.0 Å². The third-order valence-corrected chi connectivity index (χ3v) is 4.03. The summed E-state index contributed by atoms with van der Waals surface area (Å²) in [5.41, 5.74) is 3.12. The normalized spacial score (nSPS) is 13.4. The molecular formula is C17H23NO3. The van der Waals surface area contributed by atoms with Crippen molar-refractivity contribution in [3.8, 4) is 0 Å². The molecule has 1 aromatic rings. The van der Waals surface area contributed by atoms with Gasteiger partial charge in [-0.2, -0.15) is 0 Å². The van der Waals surface area contributed by atoms with E-state index >= 15 is 0 Å². The van der Waals surface area contributed by atoms with E-state index in [4.69, 9.17) is 4.74 Å². The lowest BCUT2D eigenvalue weighted by molar-refractivity contribution is -0.134. The maximum absolute atomic E-state index is 12.0. The van der Waals surface area contributed by atoms with Crippen LogP contribution in [0.4, 0.5) is 0 Å². The van der Waals surface area contributed by atoms with Crippen molar-refractivity contribution in [1.29, 1.82) is 0 Å². The molecule has 0 saturated carbocycles. The number of hydrogen-bond acceptors (Lipinski definition) is 3. The maximum atomic E-state index is 12.0. The second kappa shape index (κ2) is 7.25. The first-order valence-corrected chi connectivity index (χ1v) is 7.72. The molecule has 0 aromatic heterocycles. The van der Waals surface area contributed by atoms with Crippen LogP contribution in [0.25, 0.3) is 0 Å². The van der Waals surface area contributed by atoms with Crippen LogP contribution in [0.2, 0.25) is 0 Å². The Morgan fingerprint density at radius 1 is 1.10 bits per heavy atom. The summed E-state index contributed by atoms with van der Waals surface area (Å²) in [6.07, 6.45) is 4.50. The molecule has 0 radical (unpaired) electrons. The highest BCUT2D eigenvalue weighted by molar-refractivity contribution is 5.91. The number of carbonyl (C=O) groups is 2. The van der Waals surface area contributed by atoms with Crippen molar-refractivity contribution in [2.75, 3.05) is 19.7 Å². The quantitative estimate of drug-likeness (QED) is 0.783. The zero-order valence-electron chi connectivity index (χ0n) is 12.9. The molecule has 2 rings (SSSR count). The fourth-order valence-corrected chi connectivity index (χ4v) is 2.74. The third-order valence-electron chi connectivity index (χ3n) is 4.03. The van der Waals surface area contributed by atoms with Crippen molar-refractivity contribution in [3.05, 3.63) is 34.9 Å². The molecule has 21 heavy (non-hydrogen) atoms. The number of ether oxygens (including phenoxy) is 1. The molecule has 4 nitrogen and oxygen atoms in total. The van der Waals surface area contributed by atoms with Gasteiger partial charge in [-0.3, -0.25) is 4.79 Å². The minimum absolute atomic E-state index is 0.147. The van der Waals surface area contributed by atoms with Crippen LogP contribution in [0.1, 0.15) is 48.2 Å². The maximum Gasteiger partial charge on any atom is 0.338 e. The van der Waals surface area contributed by atoms with Gasteiger partial charge in [-0.15, -0.1) is 0 Å². The van der Waals surface area contributed by atoms with Crippen LogP contribution < -0.4 is 0 Å². The number of nitrogens with zero attached hydrogens (tertiary/aromatic N) is 1. The summed E-state index contributed by atoms with van der Waals surface area (Å²) in [4.78, 5) is 25.5. The average molecular weight is 289 g/mol. The van der Waals surface area contributed by atoms with Gasteiger partial charge in [0.05, 0.1) is 5.56 Å². The van der Waals surface area contributed by atoms with Gasteiger partial charge in [-0.05, 0) is 62.8 Å². The van der Waals surface area contributed by atoms with Crippen LogP contribution in [0.5, 0.6) is 0 Å². The smallest absolute Gasteiger partial charge is 0.338 e. The predicted octanol–water partition coefficient (Wildman–Crippen LogP) is 2.59. The van der Waals surface area contributed by atoms with Crippen molar-refractivity contribution >= 4 is 11.9 Å². The molecule has 0 heterocycles. The second-order valence-corrected chi connectivity index (χ2v) is 5.33. The molecule has 1 aliphatic carbocycles. The molecule has 1 aliphatic rings. The minimum Gasteiger partial charge on any atom is -0.452 e. The molecule has 114 valence electrons. The van der Waals surface area contributed by atoms with Crippen molar-refractivity contribution < 1.29 is 14.3 Å². The third kappa shape index (κ3) is 3.84. The molecule has 0 aliphatic heterocycles. The molecule has 0 bridgehead atoms. The highest BCUT2D eigenvalue weighted by Crippen LogP contribution is 2.22. The van der Waals surface area contributed by atoms with Crippen LogP contribution >= 0.6 is 0 Å². The van der Waals surface area contributed by atoms with Gasteiger partial charge >= 0.3 is 5.97 Å². The zero-order valence-corrected chi connectivity index (χ0v) is 12.9. The van der Waals surface area contributed by atoms with Gasteiger partial charge in [0.1, 0.15) is 0 Å². The predicted molar refractivity (Wildman–Crippen MR) is 81.3 cm³/mol. The Bertz CT molecular complexity index is 521. The summed E-state index contributed by atoms with van der Waals surface area (Å²) in [5.74, 6) is -0.560. The molecular weight excluding hydrogens is 266 g/mol. The standard InChI is InChI=1S/C17H23NO3/c1-3-18(4-2)16(19)12-21-17(20)15-10-9-13-7-5-6-8-14(13)11-15/h9-11H,3-8,12H2,1-2H3. The van der Waals surface area contributed by atoms with Gasteiger partial charge in [-0.25, -0.2) is 4.79 Å². The van der Waals surface area contributed by atoms with Crippen molar-refractivity contribution in [3.63, 3.8) is 0 Å². The van der Waals surface area contributed by atoms with Crippen LogP contribution in [0, 0.1) is 0 Å². The Morgan fingerprint density at radius 3 is 2.43 bits per heavy atom. The van der Waals surface area contributed by atoms with Gasteiger partial charge in [-0.1, -0.05) is 6.07 Å². The van der Waals surface area contributed by atoms with E-state index in [1.165, 1.54) is 24.0 Å². The van der Waals surface area contributed by atoms with Gasteiger partial charge < -0.3 is 9.64 Å². The molecule has 0 saturated heterocycles. The number of aryl methyl sites for hydroxylation is 2. The number of carbonyl (C=O) groups excluding carboxylic acids is 2. The fraction of sp³-hybridized carbons (Fsp3) is 0.529. The number of esters is 1. The number of benzene rings is 1. The van der Waals surface area contributed by atoms with E-state index in [-0.39, 0.29) is 12.5 Å². The monoisotopic (exact) mass is 289 g/mol. The highest BCUT2D eigenvalue weighted by Gasteiger charge is 2.16. The van der Waals surface area contributed by atoms with Crippen molar-refractivity contribution in [1.82, 2.24) is 4.90 Å². The first kappa shape index (κ1) is 15.5. The Hall–Kier alpha value is -1.84. The summed E-state index contributed by atoms with van der Waals surface area (Å²) < 4.78 is 5.14. The molecule has 1 amide bonds. The van der Waals surface area contributed by atoms with Crippen LogP contribution in [-0.2, 0) is 22.4 Å². The SMILES string of the molecule is CCN(CC)C(=O)COC(=O)c1ccc2c(c1)CCCC2. The lowest BCUT2D eigenvalue weighted by atomic mass is 9.90. The molecule has 1 aromatic carbocycles. The lowest BCUT2D eigenvalue weighted by Gasteiger charge is -2.19. The highest BCUT2D eigenvalue weighted by atomic mass is 16.5. The van der Waals surface area contributed by atoms with E-state index in [1.54, 1.807) is 11.0 Å². The van der Waals surface area contributed by atoms with Gasteiger partial charge in [0.15, 0.2) is 6.61 Å². The largest absolute Gasteiger partial charge is 0.452 e. The first-order valence-electron chi connectivity index (χ1n) is 7.72. The summed E-state index contributed by atoms with van der Waals surface area (Å²) >= 11 is 0. The number of amides is 1. The fourth-order valence-electron chi connectivity index (χ4n) is 2.74.